The molecule has 0 amide bonds. The van der Waals surface area contributed by atoms with Crippen LogP contribution < -0.4 is 10.6 Å². The van der Waals surface area contributed by atoms with Gasteiger partial charge in [0.1, 0.15) is 5.84 Å². The lowest BCUT2D eigenvalue weighted by Gasteiger charge is -2.26. The van der Waals surface area contributed by atoms with Gasteiger partial charge in [0.05, 0.1) is 18.7 Å². The highest BCUT2D eigenvalue weighted by atomic mass is 16.6. The highest BCUT2D eigenvalue weighted by Crippen LogP contribution is 2.45. The van der Waals surface area contributed by atoms with E-state index in [4.69, 9.17) is 9.73 Å². The molecule has 192 valence electrons. The Balaban J connectivity index is 1.21. The van der Waals surface area contributed by atoms with Gasteiger partial charge in [0, 0.05) is 36.0 Å². The van der Waals surface area contributed by atoms with E-state index < -0.39 is 0 Å². The predicted octanol–water partition coefficient (Wildman–Crippen LogP) is 5.30. The summed E-state index contributed by atoms with van der Waals surface area (Å²) in [5.41, 5.74) is 6.93. The Bertz CT molecular complexity index is 1250. The maximum absolute atomic E-state index is 6.06. The summed E-state index contributed by atoms with van der Waals surface area (Å²) < 4.78 is 6.06. The van der Waals surface area contributed by atoms with Crippen LogP contribution in [0.4, 0.5) is 0 Å². The van der Waals surface area contributed by atoms with Gasteiger partial charge in [0.2, 0.25) is 0 Å². The van der Waals surface area contributed by atoms with E-state index in [1.165, 1.54) is 35.2 Å². The SMILES string of the molecule is C=C(N[C@@H](CCc1ccccc1)C1=NC2C(=CC=CC2C)N1)c1ccc(C2(N3CCCC3)CO2)c(C)c1. The van der Waals surface area contributed by atoms with Crippen molar-refractivity contribution < 1.29 is 4.74 Å². The van der Waals surface area contributed by atoms with Crippen molar-refractivity contribution in [2.24, 2.45) is 10.9 Å². The van der Waals surface area contributed by atoms with Crippen molar-refractivity contribution in [3.63, 3.8) is 0 Å². The molecule has 0 bridgehead atoms. The normalized spacial score (nSPS) is 27.2. The van der Waals surface area contributed by atoms with Crippen molar-refractivity contribution in [2.75, 3.05) is 19.7 Å². The first-order valence-corrected chi connectivity index (χ1v) is 13.8. The van der Waals surface area contributed by atoms with Crippen molar-refractivity contribution in [1.82, 2.24) is 15.5 Å². The number of nitrogens with one attached hydrogen (secondary N) is 2. The van der Waals surface area contributed by atoms with Crippen molar-refractivity contribution in [3.05, 3.63) is 101 Å². The maximum atomic E-state index is 6.06. The second kappa shape index (κ2) is 9.96. The molecular weight excluding hydrogens is 456 g/mol. The van der Waals surface area contributed by atoms with Crippen LogP contribution in [0.3, 0.4) is 0 Å². The third-order valence-corrected chi connectivity index (χ3v) is 8.33. The molecule has 2 N–H and O–H groups in total. The molecule has 3 aliphatic heterocycles. The zero-order valence-electron chi connectivity index (χ0n) is 22.0. The molecule has 2 aromatic carbocycles. The Morgan fingerprint density at radius 3 is 2.70 bits per heavy atom. The molecule has 0 aromatic heterocycles. The molecule has 2 saturated heterocycles. The quantitative estimate of drug-likeness (QED) is 0.465. The van der Waals surface area contributed by atoms with Crippen molar-refractivity contribution >= 4 is 11.5 Å². The van der Waals surface area contributed by atoms with E-state index in [-0.39, 0.29) is 17.8 Å². The summed E-state index contributed by atoms with van der Waals surface area (Å²) in [6, 6.07) is 17.6. The number of amidine groups is 1. The number of ether oxygens (including phenoxy) is 1. The van der Waals surface area contributed by atoms with E-state index in [1.54, 1.807) is 0 Å². The second-order valence-corrected chi connectivity index (χ2v) is 10.9. The topological polar surface area (TPSA) is 52.2 Å². The molecular formula is C32H38N4O. The number of allylic oxidation sites excluding steroid dienone is 2. The van der Waals surface area contributed by atoms with Crippen LogP contribution in [0.1, 0.15) is 48.4 Å². The van der Waals surface area contributed by atoms with Gasteiger partial charge in [0.15, 0.2) is 5.72 Å². The standard InChI is InChI=1S/C32H38N4O/c1-22-10-9-13-28-30(22)35-31(34-28)29(17-14-25-11-5-4-6-12-25)33-24(3)26-15-16-27(23(2)20-26)32(21-37-32)36-18-7-8-19-36/h4-6,9-13,15-16,20,22,29-30,33H,3,7-8,14,17-19,21H2,1-2H3,(H,34,35)/t22?,29-,30?,32?/m0/s1. The van der Waals surface area contributed by atoms with E-state index in [0.717, 1.165) is 49.6 Å². The minimum absolute atomic E-state index is 0.0501. The highest BCUT2D eigenvalue weighted by molar-refractivity contribution is 5.93. The number of fused-ring (bicyclic) bond motifs is 1. The average Bonchev–Trinajstić information content (AvgIpc) is 3.30. The summed E-state index contributed by atoms with van der Waals surface area (Å²) in [6.45, 7) is 11.9. The number of aryl methyl sites for hydroxylation is 2. The van der Waals surface area contributed by atoms with Crippen LogP contribution in [-0.2, 0) is 16.9 Å². The molecule has 5 nitrogen and oxygen atoms in total. The molecule has 0 saturated carbocycles. The lowest BCUT2D eigenvalue weighted by atomic mass is 9.95. The number of hydrogen-bond donors (Lipinski definition) is 2. The Hall–Kier alpha value is -3.15. The lowest BCUT2D eigenvalue weighted by Crippen LogP contribution is -2.41. The van der Waals surface area contributed by atoms with Gasteiger partial charge < -0.3 is 15.4 Å². The number of hydrogen-bond acceptors (Lipinski definition) is 5. The van der Waals surface area contributed by atoms with Crippen molar-refractivity contribution in [2.45, 2.75) is 57.3 Å². The Morgan fingerprint density at radius 1 is 1.22 bits per heavy atom. The molecule has 3 heterocycles. The summed E-state index contributed by atoms with van der Waals surface area (Å²) in [6.07, 6.45) is 10.9. The maximum Gasteiger partial charge on any atom is 0.171 e. The van der Waals surface area contributed by atoms with Crippen LogP contribution >= 0.6 is 0 Å². The lowest BCUT2D eigenvalue weighted by molar-refractivity contribution is 0.101. The minimum Gasteiger partial charge on any atom is -0.375 e. The molecule has 4 aliphatic rings. The first-order chi connectivity index (χ1) is 18.0. The monoisotopic (exact) mass is 494 g/mol. The Morgan fingerprint density at radius 2 is 2.00 bits per heavy atom. The van der Waals surface area contributed by atoms with E-state index in [9.17, 15) is 0 Å². The number of benzene rings is 2. The molecule has 37 heavy (non-hydrogen) atoms. The molecule has 1 aliphatic carbocycles. The summed E-state index contributed by atoms with van der Waals surface area (Å²) in [5, 5.41) is 7.38. The number of rotatable bonds is 9. The fraction of sp³-hybridized carbons (Fsp3) is 0.406. The van der Waals surface area contributed by atoms with Gasteiger partial charge in [-0.05, 0) is 61.4 Å². The molecule has 2 aromatic rings. The molecule has 4 atom stereocenters. The first kappa shape index (κ1) is 24.2. The van der Waals surface area contributed by atoms with Gasteiger partial charge in [-0.3, -0.25) is 9.89 Å². The zero-order valence-corrected chi connectivity index (χ0v) is 22.0. The minimum atomic E-state index is -0.205. The highest BCUT2D eigenvalue weighted by Gasteiger charge is 2.53. The van der Waals surface area contributed by atoms with Crippen LogP contribution in [-0.4, -0.2) is 42.5 Å². The fourth-order valence-corrected chi connectivity index (χ4v) is 6.10. The summed E-state index contributed by atoms with van der Waals surface area (Å²) in [7, 11) is 0. The van der Waals surface area contributed by atoms with Crippen LogP contribution in [0.5, 0.6) is 0 Å². The number of likely N-dealkylation sites (tertiary alicyclic amines) is 1. The second-order valence-electron chi connectivity index (χ2n) is 10.9. The van der Waals surface area contributed by atoms with E-state index >= 15 is 0 Å². The van der Waals surface area contributed by atoms with Gasteiger partial charge in [-0.25, -0.2) is 0 Å². The number of aliphatic imine (C=N–C) groups is 1. The van der Waals surface area contributed by atoms with E-state index in [2.05, 4.69) is 103 Å². The number of epoxide rings is 1. The van der Waals surface area contributed by atoms with Crippen LogP contribution in [0.15, 0.2) is 84.0 Å². The third-order valence-electron chi connectivity index (χ3n) is 8.33. The van der Waals surface area contributed by atoms with E-state index in [0.29, 0.717) is 5.92 Å². The van der Waals surface area contributed by atoms with Crippen LogP contribution in [0.2, 0.25) is 0 Å². The van der Waals surface area contributed by atoms with E-state index in [1.807, 2.05) is 0 Å². The van der Waals surface area contributed by atoms with Crippen LogP contribution in [0.25, 0.3) is 5.70 Å². The van der Waals surface area contributed by atoms with Gasteiger partial charge in [0.25, 0.3) is 0 Å². The predicted molar refractivity (Wildman–Crippen MR) is 151 cm³/mol. The van der Waals surface area contributed by atoms with Gasteiger partial charge in [-0.1, -0.05) is 68.1 Å². The zero-order chi connectivity index (χ0) is 25.4. The summed E-state index contributed by atoms with van der Waals surface area (Å²) >= 11 is 0. The largest absolute Gasteiger partial charge is 0.375 e. The summed E-state index contributed by atoms with van der Waals surface area (Å²) in [4.78, 5) is 7.64. The van der Waals surface area contributed by atoms with Gasteiger partial charge >= 0.3 is 0 Å². The van der Waals surface area contributed by atoms with Gasteiger partial charge in [-0.15, -0.1) is 0 Å². The third kappa shape index (κ3) is 4.78. The van der Waals surface area contributed by atoms with Crippen LogP contribution in [0, 0.1) is 12.8 Å². The molecule has 2 fully saturated rings. The fourth-order valence-electron chi connectivity index (χ4n) is 6.10. The molecule has 0 spiro atoms. The number of nitrogens with zero attached hydrogens (tertiary/aromatic N) is 2. The Kier molecular flexibility index (Phi) is 6.51. The molecule has 3 unspecified atom stereocenters. The average molecular weight is 495 g/mol. The Labute approximate surface area is 221 Å². The molecule has 5 heteroatoms. The molecule has 0 radical (unpaired) electrons. The van der Waals surface area contributed by atoms with Crippen molar-refractivity contribution in [3.8, 4) is 0 Å². The van der Waals surface area contributed by atoms with Crippen molar-refractivity contribution in [1.29, 1.82) is 0 Å². The smallest absolute Gasteiger partial charge is 0.171 e. The van der Waals surface area contributed by atoms with Gasteiger partial charge in [-0.2, -0.15) is 0 Å². The summed E-state index contributed by atoms with van der Waals surface area (Å²) in [5.74, 6) is 1.40. The first-order valence-electron chi connectivity index (χ1n) is 13.8. The molecule has 6 rings (SSSR count).